The highest BCUT2D eigenvalue weighted by atomic mass is 35.5. The number of aromatic nitrogens is 4. The van der Waals surface area contributed by atoms with Gasteiger partial charge in [0, 0.05) is 25.9 Å². The Labute approximate surface area is 126 Å². The molecule has 0 N–H and O–H groups in total. The summed E-state index contributed by atoms with van der Waals surface area (Å²) >= 11 is 5.81. The smallest absolute Gasteiger partial charge is 0.261 e. The number of fused-ring (bicyclic) bond motifs is 1. The zero-order valence-corrected chi connectivity index (χ0v) is 12.9. The lowest BCUT2D eigenvalue weighted by Gasteiger charge is -2.09. The van der Waals surface area contributed by atoms with Crippen molar-refractivity contribution in [1.82, 2.24) is 19.3 Å². The van der Waals surface area contributed by atoms with E-state index in [-0.39, 0.29) is 6.61 Å². The van der Waals surface area contributed by atoms with Gasteiger partial charge >= 0.3 is 0 Å². The zero-order valence-electron chi connectivity index (χ0n) is 12.2. The maximum absolute atomic E-state index is 12.1. The van der Waals surface area contributed by atoms with Gasteiger partial charge in [0.15, 0.2) is 5.65 Å². The van der Waals surface area contributed by atoms with Crippen LogP contribution in [0.3, 0.4) is 0 Å². The number of hydrogen-bond donors (Lipinski definition) is 0. The van der Waals surface area contributed by atoms with Crippen molar-refractivity contribution in [3.63, 3.8) is 0 Å². The molecule has 0 fully saturated rings. The molecule has 118 valence electrons. The van der Waals surface area contributed by atoms with Crippen LogP contribution >= 0.6 is 11.6 Å². The first-order valence-electron chi connectivity index (χ1n) is 6.91. The Hall–Kier alpha value is -1.21. The zero-order chi connectivity index (χ0) is 15.4. The molecule has 2 aromatic heterocycles. The summed E-state index contributed by atoms with van der Waals surface area (Å²) in [7, 11) is 1.85. The monoisotopic (exact) mass is 320 g/mol. The van der Waals surface area contributed by atoms with Crippen molar-refractivity contribution >= 4 is 22.8 Å². The minimum atomic E-state index is -2.45. The van der Waals surface area contributed by atoms with Crippen molar-refractivity contribution < 1.29 is 13.5 Å². The van der Waals surface area contributed by atoms with Crippen molar-refractivity contribution in [2.45, 2.75) is 32.7 Å². The summed E-state index contributed by atoms with van der Waals surface area (Å²) in [4.78, 5) is 4.60. The number of ether oxygens (including phenoxy) is 1. The molecule has 0 aliphatic rings. The molecule has 0 amide bonds. The predicted molar refractivity (Wildman–Crippen MR) is 77.1 cm³/mol. The van der Waals surface area contributed by atoms with E-state index in [0.717, 1.165) is 29.1 Å². The Morgan fingerprint density at radius 2 is 2.14 bits per heavy atom. The minimum Gasteiger partial charge on any atom is -0.374 e. The third-order valence-corrected chi connectivity index (χ3v) is 3.42. The first-order valence-corrected chi connectivity index (χ1v) is 7.44. The fourth-order valence-corrected chi connectivity index (χ4v) is 2.53. The normalized spacial score (nSPS) is 11.9. The molecule has 0 saturated heterocycles. The van der Waals surface area contributed by atoms with Gasteiger partial charge in [0.05, 0.1) is 12.3 Å². The highest BCUT2D eigenvalue weighted by Gasteiger charge is 2.18. The summed E-state index contributed by atoms with van der Waals surface area (Å²) in [6.45, 7) is 2.14. The van der Waals surface area contributed by atoms with Gasteiger partial charge < -0.3 is 9.30 Å². The fraction of sp³-hybridized carbons (Fsp3) is 0.692. The van der Waals surface area contributed by atoms with Crippen LogP contribution in [0, 0.1) is 0 Å². The van der Waals surface area contributed by atoms with E-state index in [2.05, 4.69) is 10.1 Å². The quantitative estimate of drug-likeness (QED) is 0.554. The molecule has 2 aromatic rings. The molecule has 2 rings (SSSR count). The fourth-order valence-electron chi connectivity index (χ4n) is 2.36. The van der Waals surface area contributed by atoms with E-state index < -0.39 is 13.0 Å². The standard InChI is InChI=1S/C13H19ClF2N4O/c1-3-9-12-13(19(2)18-9)20(11(17-12)4-5-14)6-7-21-8-10(15)16/h10H,3-8H2,1-2H3. The molecule has 0 spiro atoms. The van der Waals surface area contributed by atoms with Crippen LogP contribution < -0.4 is 0 Å². The number of rotatable bonds is 8. The Morgan fingerprint density at radius 3 is 2.76 bits per heavy atom. The van der Waals surface area contributed by atoms with Gasteiger partial charge in [-0.1, -0.05) is 6.92 Å². The van der Waals surface area contributed by atoms with E-state index in [1.165, 1.54) is 0 Å². The number of halogens is 3. The summed E-state index contributed by atoms with van der Waals surface area (Å²) in [6, 6.07) is 0. The maximum atomic E-state index is 12.1. The number of nitrogens with zero attached hydrogens (tertiary/aromatic N) is 4. The molecule has 0 aliphatic heterocycles. The van der Waals surface area contributed by atoms with Crippen LogP contribution in [0.25, 0.3) is 11.2 Å². The van der Waals surface area contributed by atoms with Gasteiger partial charge in [-0.15, -0.1) is 11.6 Å². The van der Waals surface area contributed by atoms with Gasteiger partial charge in [-0.05, 0) is 6.42 Å². The Bertz CT molecular complexity index is 597. The van der Waals surface area contributed by atoms with Gasteiger partial charge in [-0.25, -0.2) is 13.8 Å². The number of alkyl halides is 3. The van der Waals surface area contributed by atoms with E-state index in [9.17, 15) is 8.78 Å². The number of hydrogen-bond acceptors (Lipinski definition) is 3. The average Bonchev–Trinajstić information content (AvgIpc) is 2.93. The molecule has 0 saturated carbocycles. The second-order valence-electron chi connectivity index (χ2n) is 4.68. The molecule has 0 radical (unpaired) electrons. The molecule has 2 heterocycles. The Morgan fingerprint density at radius 1 is 1.38 bits per heavy atom. The molecule has 0 bridgehead atoms. The maximum Gasteiger partial charge on any atom is 0.261 e. The van der Waals surface area contributed by atoms with Crippen molar-refractivity contribution in [1.29, 1.82) is 0 Å². The second-order valence-corrected chi connectivity index (χ2v) is 5.06. The lowest BCUT2D eigenvalue weighted by Crippen LogP contribution is -2.14. The van der Waals surface area contributed by atoms with Crippen molar-refractivity contribution in [2.75, 3.05) is 19.1 Å². The first kappa shape index (κ1) is 16.2. The Balaban J connectivity index is 2.25. The van der Waals surface area contributed by atoms with Crippen molar-refractivity contribution in [3.05, 3.63) is 11.5 Å². The lowest BCUT2D eigenvalue weighted by molar-refractivity contribution is 0.0148. The molecule has 0 unspecified atom stereocenters. The number of aryl methyl sites for hydroxylation is 3. The molecular formula is C13H19ClF2N4O. The second kappa shape index (κ2) is 7.17. The van der Waals surface area contributed by atoms with E-state index in [1.54, 1.807) is 4.68 Å². The lowest BCUT2D eigenvalue weighted by atomic mass is 10.3. The molecule has 21 heavy (non-hydrogen) atoms. The van der Waals surface area contributed by atoms with Gasteiger partial charge in [-0.2, -0.15) is 5.10 Å². The van der Waals surface area contributed by atoms with Crippen molar-refractivity contribution in [2.24, 2.45) is 7.05 Å². The average molecular weight is 321 g/mol. The van der Waals surface area contributed by atoms with Gasteiger partial charge in [0.2, 0.25) is 0 Å². The third-order valence-electron chi connectivity index (χ3n) is 3.23. The van der Waals surface area contributed by atoms with Gasteiger partial charge in [0.1, 0.15) is 17.9 Å². The summed E-state index contributed by atoms with van der Waals surface area (Å²) < 4.78 is 32.9. The largest absolute Gasteiger partial charge is 0.374 e. The van der Waals surface area contributed by atoms with Crippen LogP contribution in [0.4, 0.5) is 8.78 Å². The summed E-state index contributed by atoms with van der Waals surface area (Å²) in [6.07, 6.45) is -1.04. The van der Waals surface area contributed by atoms with Gasteiger partial charge in [0.25, 0.3) is 6.43 Å². The highest BCUT2D eigenvalue weighted by Crippen LogP contribution is 2.20. The summed E-state index contributed by atoms with van der Waals surface area (Å²) in [5.74, 6) is 1.29. The topological polar surface area (TPSA) is 44.9 Å². The van der Waals surface area contributed by atoms with Gasteiger partial charge in [-0.3, -0.25) is 4.68 Å². The van der Waals surface area contributed by atoms with E-state index in [1.807, 2.05) is 18.5 Å². The van der Waals surface area contributed by atoms with Crippen LogP contribution in [-0.4, -0.2) is 44.9 Å². The van der Waals surface area contributed by atoms with E-state index in [4.69, 9.17) is 16.3 Å². The summed E-state index contributed by atoms with van der Waals surface area (Å²) in [5.41, 5.74) is 2.66. The number of imidazole rings is 1. The molecule has 0 atom stereocenters. The van der Waals surface area contributed by atoms with Crippen molar-refractivity contribution in [3.8, 4) is 0 Å². The van der Waals surface area contributed by atoms with Crippen LogP contribution in [0.15, 0.2) is 0 Å². The molecule has 0 aromatic carbocycles. The van der Waals surface area contributed by atoms with Crippen LogP contribution in [0.1, 0.15) is 18.4 Å². The first-order chi connectivity index (χ1) is 10.1. The molecule has 8 heteroatoms. The van der Waals surface area contributed by atoms with Crippen LogP contribution in [0.2, 0.25) is 0 Å². The molecule has 5 nitrogen and oxygen atoms in total. The van der Waals surface area contributed by atoms with E-state index in [0.29, 0.717) is 18.8 Å². The summed E-state index contributed by atoms with van der Waals surface area (Å²) in [5, 5.41) is 4.43. The van der Waals surface area contributed by atoms with Crippen LogP contribution in [-0.2, 0) is 31.2 Å². The Kier molecular flexibility index (Phi) is 5.52. The predicted octanol–water partition coefficient (Wildman–Crippen LogP) is 2.40. The molecular weight excluding hydrogens is 302 g/mol. The minimum absolute atomic E-state index is 0.206. The SMILES string of the molecule is CCc1nn(C)c2c1nc(CCCl)n2CCOCC(F)F. The van der Waals surface area contributed by atoms with E-state index >= 15 is 0 Å². The third kappa shape index (κ3) is 3.52. The highest BCUT2D eigenvalue weighted by molar-refractivity contribution is 6.17. The van der Waals surface area contributed by atoms with Crippen LogP contribution in [0.5, 0.6) is 0 Å². The molecule has 0 aliphatic carbocycles.